The molecule has 0 spiro atoms. The molecule has 1 aromatic carbocycles. The molecule has 0 aliphatic rings. The summed E-state index contributed by atoms with van der Waals surface area (Å²) in [6.07, 6.45) is -2.99. The number of hydrogen-bond acceptors (Lipinski definition) is 2. The van der Waals surface area contributed by atoms with Gasteiger partial charge in [0.2, 0.25) is 5.50 Å². The monoisotopic (exact) mass is 242 g/mol. The summed E-state index contributed by atoms with van der Waals surface area (Å²) < 4.78 is 48.3. The Bertz CT molecular complexity index is 275. The van der Waals surface area contributed by atoms with E-state index in [4.69, 9.17) is 0 Å². The van der Waals surface area contributed by atoms with Crippen LogP contribution in [0.2, 0.25) is 0 Å². The number of alkyl halides is 3. The highest BCUT2D eigenvalue weighted by atomic mass is 33.1. The van der Waals surface area contributed by atoms with Crippen LogP contribution in [0.4, 0.5) is 17.6 Å². The molecule has 0 N–H and O–H groups in total. The van der Waals surface area contributed by atoms with Crippen molar-refractivity contribution in [2.24, 2.45) is 0 Å². The standard InChI is InChI=1S/C8H6F4S2/c9-5-1-3-6(4-2-5)13-14-8(12)7(10)11/h1-4,7-8H. The molecule has 1 rings (SSSR count). The lowest BCUT2D eigenvalue weighted by atomic mass is 10.4. The Labute approximate surface area is 86.5 Å². The van der Waals surface area contributed by atoms with Gasteiger partial charge in [-0.25, -0.2) is 17.6 Å². The first-order valence-electron chi connectivity index (χ1n) is 3.60. The normalized spacial score (nSPS) is 13.2. The number of benzene rings is 1. The highest BCUT2D eigenvalue weighted by Crippen LogP contribution is 2.37. The van der Waals surface area contributed by atoms with Crippen molar-refractivity contribution < 1.29 is 17.6 Å². The van der Waals surface area contributed by atoms with Crippen molar-refractivity contribution in [3.05, 3.63) is 30.1 Å². The Kier molecular flexibility index (Phi) is 4.60. The molecule has 0 radical (unpaired) electrons. The summed E-state index contributed by atoms with van der Waals surface area (Å²) in [5, 5.41) is 0. The van der Waals surface area contributed by atoms with E-state index >= 15 is 0 Å². The first-order chi connectivity index (χ1) is 6.59. The van der Waals surface area contributed by atoms with E-state index in [1.54, 1.807) is 0 Å². The molecule has 6 heteroatoms. The Morgan fingerprint density at radius 3 is 2.07 bits per heavy atom. The molecular formula is C8H6F4S2. The molecule has 0 saturated heterocycles. The van der Waals surface area contributed by atoms with Crippen LogP contribution >= 0.6 is 21.6 Å². The van der Waals surface area contributed by atoms with Gasteiger partial charge in [0.25, 0.3) is 6.43 Å². The third-order valence-corrected chi connectivity index (χ3v) is 3.62. The molecule has 1 unspecified atom stereocenters. The summed E-state index contributed by atoms with van der Waals surface area (Å²) in [7, 11) is 1.28. The predicted molar refractivity (Wildman–Crippen MR) is 50.7 cm³/mol. The van der Waals surface area contributed by atoms with Crippen LogP contribution in [0.3, 0.4) is 0 Å². The maximum Gasteiger partial charge on any atom is 0.279 e. The van der Waals surface area contributed by atoms with Crippen LogP contribution in [0.5, 0.6) is 0 Å². The Morgan fingerprint density at radius 2 is 1.57 bits per heavy atom. The van der Waals surface area contributed by atoms with Crippen LogP contribution in [0.15, 0.2) is 29.2 Å². The van der Waals surface area contributed by atoms with Crippen molar-refractivity contribution in [2.75, 3.05) is 0 Å². The lowest BCUT2D eigenvalue weighted by Gasteiger charge is -2.05. The SMILES string of the molecule is Fc1ccc(SSC(F)C(F)F)cc1. The van der Waals surface area contributed by atoms with Crippen molar-refractivity contribution in [3.8, 4) is 0 Å². The maximum absolute atomic E-state index is 12.4. The summed E-state index contributed by atoms with van der Waals surface area (Å²) in [6, 6.07) is 5.20. The Hall–Kier alpha value is -0.360. The van der Waals surface area contributed by atoms with E-state index in [0.29, 0.717) is 15.7 Å². The second kappa shape index (κ2) is 5.50. The van der Waals surface area contributed by atoms with Gasteiger partial charge in [0, 0.05) is 4.90 Å². The molecule has 0 bridgehead atoms. The van der Waals surface area contributed by atoms with Gasteiger partial charge in [-0.15, -0.1) is 0 Å². The molecule has 14 heavy (non-hydrogen) atoms. The van der Waals surface area contributed by atoms with Gasteiger partial charge in [-0.1, -0.05) is 10.8 Å². The molecular weight excluding hydrogens is 236 g/mol. The van der Waals surface area contributed by atoms with Gasteiger partial charge in [-0.2, -0.15) is 0 Å². The molecule has 0 saturated carbocycles. The number of hydrogen-bond donors (Lipinski definition) is 0. The molecule has 0 nitrogen and oxygen atoms in total. The zero-order valence-electron chi connectivity index (χ0n) is 6.79. The van der Waals surface area contributed by atoms with Crippen molar-refractivity contribution in [3.63, 3.8) is 0 Å². The second-order valence-corrected chi connectivity index (χ2v) is 4.68. The third kappa shape index (κ3) is 3.79. The lowest BCUT2D eigenvalue weighted by Crippen LogP contribution is -2.04. The molecule has 0 aromatic heterocycles. The molecule has 1 atom stereocenters. The smallest absolute Gasteiger partial charge is 0.228 e. The maximum atomic E-state index is 12.4. The first-order valence-corrected chi connectivity index (χ1v) is 5.82. The van der Waals surface area contributed by atoms with Crippen LogP contribution in [0, 0.1) is 5.82 Å². The van der Waals surface area contributed by atoms with Gasteiger partial charge in [0.1, 0.15) is 5.82 Å². The Morgan fingerprint density at radius 1 is 1.00 bits per heavy atom. The molecule has 0 aliphatic heterocycles. The van der Waals surface area contributed by atoms with Crippen molar-refractivity contribution in [2.45, 2.75) is 16.8 Å². The van der Waals surface area contributed by atoms with E-state index < -0.39 is 17.7 Å². The summed E-state index contributed by atoms with van der Waals surface area (Å²) in [5.41, 5.74) is -2.22. The van der Waals surface area contributed by atoms with Gasteiger partial charge in [-0.3, -0.25) is 0 Å². The minimum Gasteiger partial charge on any atom is -0.228 e. The van der Waals surface area contributed by atoms with Crippen LogP contribution < -0.4 is 0 Å². The summed E-state index contributed by atoms with van der Waals surface area (Å²) >= 11 is 0. The summed E-state index contributed by atoms with van der Waals surface area (Å²) in [6.45, 7) is 0. The van der Waals surface area contributed by atoms with Crippen LogP contribution in [-0.2, 0) is 0 Å². The zero-order valence-corrected chi connectivity index (χ0v) is 8.43. The quantitative estimate of drug-likeness (QED) is 0.575. The van der Waals surface area contributed by atoms with E-state index in [2.05, 4.69) is 0 Å². The van der Waals surface area contributed by atoms with E-state index in [9.17, 15) is 17.6 Å². The highest BCUT2D eigenvalue weighted by Gasteiger charge is 2.19. The topological polar surface area (TPSA) is 0 Å². The van der Waals surface area contributed by atoms with E-state index in [-0.39, 0.29) is 0 Å². The van der Waals surface area contributed by atoms with Gasteiger partial charge < -0.3 is 0 Å². The van der Waals surface area contributed by atoms with Gasteiger partial charge in [0.15, 0.2) is 0 Å². The van der Waals surface area contributed by atoms with Gasteiger partial charge in [0.05, 0.1) is 0 Å². The Balaban J connectivity index is 2.42. The van der Waals surface area contributed by atoms with E-state index in [0.717, 1.165) is 10.8 Å². The van der Waals surface area contributed by atoms with E-state index in [1.165, 1.54) is 24.3 Å². The summed E-state index contributed by atoms with van der Waals surface area (Å²) in [4.78, 5) is 0.541. The lowest BCUT2D eigenvalue weighted by molar-refractivity contribution is 0.0960. The molecule has 0 heterocycles. The van der Waals surface area contributed by atoms with E-state index in [1.807, 2.05) is 0 Å². The molecule has 0 aliphatic carbocycles. The number of halogens is 4. The average Bonchev–Trinajstić information content (AvgIpc) is 2.16. The third-order valence-electron chi connectivity index (χ3n) is 1.25. The van der Waals surface area contributed by atoms with Crippen LogP contribution in [0.1, 0.15) is 0 Å². The molecule has 0 amide bonds. The van der Waals surface area contributed by atoms with Crippen LogP contribution in [-0.4, -0.2) is 11.9 Å². The number of rotatable bonds is 4. The minimum atomic E-state index is -2.99. The largest absolute Gasteiger partial charge is 0.279 e. The van der Waals surface area contributed by atoms with Gasteiger partial charge >= 0.3 is 0 Å². The molecule has 78 valence electrons. The first kappa shape index (κ1) is 11.7. The second-order valence-electron chi connectivity index (χ2n) is 2.32. The fourth-order valence-electron chi connectivity index (χ4n) is 0.634. The highest BCUT2D eigenvalue weighted by molar-refractivity contribution is 8.76. The minimum absolute atomic E-state index is 0.412. The predicted octanol–water partition coefficient (Wildman–Crippen LogP) is 4.13. The van der Waals surface area contributed by atoms with Crippen molar-refractivity contribution >= 4 is 21.6 Å². The van der Waals surface area contributed by atoms with Crippen LogP contribution in [0.25, 0.3) is 0 Å². The molecule has 1 aromatic rings. The van der Waals surface area contributed by atoms with Crippen molar-refractivity contribution in [1.82, 2.24) is 0 Å². The fourth-order valence-corrected chi connectivity index (χ4v) is 2.36. The fraction of sp³-hybridized carbons (Fsp3) is 0.250. The average molecular weight is 242 g/mol. The van der Waals surface area contributed by atoms with Gasteiger partial charge in [-0.05, 0) is 35.1 Å². The zero-order chi connectivity index (χ0) is 10.6. The van der Waals surface area contributed by atoms with Crippen molar-refractivity contribution in [1.29, 1.82) is 0 Å². The summed E-state index contributed by atoms with van der Waals surface area (Å²) in [5.74, 6) is -0.412. The molecule has 0 fully saturated rings.